The molecule has 28 heavy (non-hydrogen) atoms. The number of aromatic nitrogens is 3. The maximum atomic E-state index is 12.3. The maximum Gasteiger partial charge on any atom is 0.321 e. The van der Waals surface area contributed by atoms with E-state index >= 15 is 0 Å². The number of amides is 2. The third-order valence-electron chi connectivity index (χ3n) is 4.48. The number of benzene rings is 1. The first-order valence-electron chi connectivity index (χ1n) is 9.32. The Morgan fingerprint density at radius 1 is 1.11 bits per heavy atom. The standard InChI is InChI=1S/C19H26N6O3/c1-13-7-8-15(27-2)14(11-13)21-18(26)20-12-16-22-17(24-19(23-16)28-3)25-9-5-4-6-10-25/h7-8,11H,4-6,9-10,12H2,1-3H3,(H2,20,21,26). The van der Waals surface area contributed by atoms with E-state index in [9.17, 15) is 4.79 Å². The molecule has 0 atom stereocenters. The molecule has 3 rings (SSSR count). The van der Waals surface area contributed by atoms with Crippen LogP contribution in [0.15, 0.2) is 18.2 Å². The minimum absolute atomic E-state index is 0.152. The topological polar surface area (TPSA) is 102 Å². The van der Waals surface area contributed by atoms with Gasteiger partial charge in [-0.15, -0.1) is 0 Å². The summed E-state index contributed by atoms with van der Waals surface area (Å²) in [5.41, 5.74) is 1.62. The number of ether oxygens (including phenoxy) is 2. The smallest absolute Gasteiger partial charge is 0.321 e. The number of nitrogens with zero attached hydrogens (tertiary/aromatic N) is 4. The van der Waals surface area contributed by atoms with Crippen LogP contribution in [0, 0.1) is 6.92 Å². The number of hydrogen-bond acceptors (Lipinski definition) is 7. The zero-order chi connectivity index (χ0) is 19.9. The lowest BCUT2D eigenvalue weighted by molar-refractivity contribution is 0.251. The molecule has 0 spiro atoms. The number of anilines is 2. The molecule has 0 bridgehead atoms. The fourth-order valence-corrected chi connectivity index (χ4v) is 3.04. The highest BCUT2D eigenvalue weighted by atomic mass is 16.5. The molecular weight excluding hydrogens is 360 g/mol. The summed E-state index contributed by atoms with van der Waals surface area (Å²) < 4.78 is 10.5. The molecule has 1 aliphatic rings. The van der Waals surface area contributed by atoms with Crippen molar-refractivity contribution >= 4 is 17.7 Å². The van der Waals surface area contributed by atoms with Gasteiger partial charge in [0.2, 0.25) is 5.95 Å². The van der Waals surface area contributed by atoms with Crippen LogP contribution in [0.2, 0.25) is 0 Å². The largest absolute Gasteiger partial charge is 0.495 e. The molecule has 1 aromatic heterocycles. The van der Waals surface area contributed by atoms with E-state index in [4.69, 9.17) is 9.47 Å². The van der Waals surface area contributed by atoms with Crippen molar-refractivity contribution in [2.75, 3.05) is 37.5 Å². The van der Waals surface area contributed by atoms with E-state index in [0.717, 1.165) is 31.5 Å². The molecule has 1 aliphatic heterocycles. The second-order valence-electron chi connectivity index (χ2n) is 6.60. The molecule has 2 aromatic rings. The Bertz CT molecular complexity index is 823. The van der Waals surface area contributed by atoms with Gasteiger partial charge in [-0.3, -0.25) is 0 Å². The van der Waals surface area contributed by atoms with Crippen molar-refractivity contribution in [3.05, 3.63) is 29.6 Å². The summed E-state index contributed by atoms with van der Waals surface area (Å²) in [5, 5.41) is 5.56. The van der Waals surface area contributed by atoms with Crippen molar-refractivity contribution in [1.29, 1.82) is 0 Å². The quantitative estimate of drug-likeness (QED) is 0.786. The van der Waals surface area contributed by atoms with Crippen LogP contribution in [-0.4, -0.2) is 48.3 Å². The second-order valence-corrected chi connectivity index (χ2v) is 6.60. The van der Waals surface area contributed by atoms with Gasteiger partial charge in [0.1, 0.15) is 5.75 Å². The van der Waals surface area contributed by atoms with Gasteiger partial charge in [-0.05, 0) is 43.9 Å². The van der Waals surface area contributed by atoms with Crippen molar-refractivity contribution < 1.29 is 14.3 Å². The van der Waals surface area contributed by atoms with E-state index < -0.39 is 0 Å². The van der Waals surface area contributed by atoms with Gasteiger partial charge >= 0.3 is 12.0 Å². The highest BCUT2D eigenvalue weighted by Crippen LogP contribution is 2.25. The zero-order valence-electron chi connectivity index (χ0n) is 16.5. The van der Waals surface area contributed by atoms with E-state index in [2.05, 4.69) is 30.5 Å². The molecule has 0 radical (unpaired) electrons. The first-order chi connectivity index (χ1) is 13.6. The summed E-state index contributed by atoms with van der Waals surface area (Å²) >= 11 is 0. The third-order valence-corrected chi connectivity index (χ3v) is 4.48. The summed E-state index contributed by atoms with van der Waals surface area (Å²) in [6, 6.07) is 5.45. The average molecular weight is 386 g/mol. The molecule has 1 saturated heterocycles. The van der Waals surface area contributed by atoms with Crippen molar-refractivity contribution in [2.24, 2.45) is 0 Å². The van der Waals surface area contributed by atoms with Crippen molar-refractivity contribution in [3.8, 4) is 11.8 Å². The van der Waals surface area contributed by atoms with Crippen LogP contribution in [0.5, 0.6) is 11.8 Å². The molecule has 1 aromatic carbocycles. The number of aryl methyl sites for hydroxylation is 1. The van der Waals surface area contributed by atoms with Gasteiger partial charge in [-0.1, -0.05) is 6.07 Å². The number of urea groups is 1. The Kier molecular flexibility index (Phi) is 6.46. The Balaban J connectivity index is 1.66. The van der Waals surface area contributed by atoms with Gasteiger partial charge in [-0.25, -0.2) is 4.79 Å². The van der Waals surface area contributed by atoms with Crippen LogP contribution in [0.1, 0.15) is 30.7 Å². The van der Waals surface area contributed by atoms with Crippen LogP contribution in [0.4, 0.5) is 16.4 Å². The highest BCUT2D eigenvalue weighted by molar-refractivity contribution is 5.91. The SMILES string of the molecule is COc1nc(CNC(=O)Nc2cc(C)ccc2OC)nc(N2CCCCC2)n1. The number of rotatable bonds is 6. The maximum absolute atomic E-state index is 12.3. The van der Waals surface area contributed by atoms with Crippen LogP contribution in [0.3, 0.4) is 0 Å². The monoisotopic (exact) mass is 386 g/mol. The van der Waals surface area contributed by atoms with E-state index in [1.54, 1.807) is 7.11 Å². The molecule has 2 heterocycles. The molecule has 9 heteroatoms. The average Bonchev–Trinajstić information content (AvgIpc) is 2.73. The van der Waals surface area contributed by atoms with E-state index in [-0.39, 0.29) is 18.6 Å². The van der Waals surface area contributed by atoms with Gasteiger partial charge in [0.15, 0.2) is 5.82 Å². The number of methoxy groups -OCH3 is 2. The minimum atomic E-state index is -0.372. The first kappa shape index (κ1) is 19.7. The van der Waals surface area contributed by atoms with Crippen molar-refractivity contribution in [1.82, 2.24) is 20.3 Å². The van der Waals surface area contributed by atoms with Crippen molar-refractivity contribution in [2.45, 2.75) is 32.7 Å². The molecule has 9 nitrogen and oxygen atoms in total. The molecular formula is C19H26N6O3. The Morgan fingerprint density at radius 3 is 2.61 bits per heavy atom. The predicted octanol–water partition coefficient (Wildman–Crippen LogP) is 2.51. The van der Waals surface area contributed by atoms with Gasteiger partial charge in [0, 0.05) is 13.1 Å². The third kappa shape index (κ3) is 4.99. The Morgan fingerprint density at radius 2 is 1.89 bits per heavy atom. The van der Waals surface area contributed by atoms with Crippen molar-refractivity contribution in [3.63, 3.8) is 0 Å². The number of hydrogen-bond donors (Lipinski definition) is 2. The molecule has 2 amide bonds. The fraction of sp³-hybridized carbons (Fsp3) is 0.474. The van der Waals surface area contributed by atoms with Gasteiger partial charge in [0.25, 0.3) is 0 Å². The summed E-state index contributed by atoms with van der Waals surface area (Å²) in [5.74, 6) is 1.62. The van der Waals surface area contributed by atoms with Crippen LogP contribution < -0.4 is 25.0 Å². The van der Waals surface area contributed by atoms with E-state index in [1.165, 1.54) is 13.5 Å². The number of carbonyl (C=O) groups is 1. The molecule has 0 unspecified atom stereocenters. The zero-order valence-corrected chi connectivity index (χ0v) is 16.5. The Labute approximate surface area is 164 Å². The second kappa shape index (κ2) is 9.20. The lowest BCUT2D eigenvalue weighted by Gasteiger charge is -2.26. The first-order valence-corrected chi connectivity index (χ1v) is 9.32. The predicted molar refractivity (Wildman–Crippen MR) is 106 cm³/mol. The molecule has 1 fully saturated rings. The molecule has 0 aliphatic carbocycles. The molecule has 2 N–H and O–H groups in total. The van der Waals surface area contributed by atoms with E-state index in [0.29, 0.717) is 23.2 Å². The molecule has 150 valence electrons. The van der Waals surface area contributed by atoms with Crippen LogP contribution >= 0.6 is 0 Å². The highest BCUT2D eigenvalue weighted by Gasteiger charge is 2.17. The van der Waals surface area contributed by atoms with Gasteiger partial charge in [-0.2, -0.15) is 15.0 Å². The minimum Gasteiger partial charge on any atom is -0.495 e. The van der Waals surface area contributed by atoms with Gasteiger partial charge < -0.3 is 25.0 Å². The van der Waals surface area contributed by atoms with E-state index in [1.807, 2.05) is 25.1 Å². The lowest BCUT2D eigenvalue weighted by atomic mass is 10.1. The normalized spacial score (nSPS) is 13.8. The Hall–Kier alpha value is -3.10. The van der Waals surface area contributed by atoms with Crippen LogP contribution in [0.25, 0.3) is 0 Å². The number of carbonyl (C=O) groups excluding carboxylic acids is 1. The number of nitrogens with one attached hydrogen (secondary N) is 2. The fourth-order valence-electron chi connectivity index (χ4n) is 3.04. The number of piperidine rings is 1. The summed E-state index contributed by atoms with van der Waals surface area (Å²) in [6.07, 6.45) is 3.44. The van der Waals surface area contributed by atoms with Crippen LogP contribution in [-0.2, 0) is 6.54 Å². The summed E-state index contributed by atoms with van der Waals surface area (Å²) in [4.78, 5) is 27.5. The summed E-state index contributed by atoms with van der Waals surface area (Å²) in [7, 11) is 3.08. The molecule has 0 saturated carbocycles. The van der Waals surface area contributed by atoms with Gasteiger partial charge in [0.05, 0.1) is 26.5 Å². The summed E-state index contributed by atoms with van der Waals surface area (Å²) in [6.45, 7) is 3.92. The lowest BCUT2D eigenvalue weighted by Crippen LogP contribution is -2.32.